The summed E-state index contributed by atoms with van der Waals surface area (Å²) in [4.78, 5) is 63.2. The number of carbonyl (C=O) groups excluding carboxylic acids is 4. The van der Waals surface area contributed by atoms with E-state index in [2.05, 4.69) is 48.6 Å². The molecule has 6 aromatic rings. The van der Waals surface area contributed by atoms with Crippen LogP contribution < -0.4 is 26.4 Å². The van der Waals surface area contributed by atoms with Crippen LogP contribution in [-0.4, -0.2) is 76.4 Å². The lowest BCUT2D eigenvalue weighted by atomic mass is 9.79. The highest BCUT2D eigenvalue weighted by Gasteiger charge is 2.55. The summed E-state index contributed by atoms with van der Waals surface area (Å²) in [5.74, 6) is 2.59. The van der Waals surface area contributed by atoms with E-state index in [1.165, 1.54) is 15.9 Å². The van der Waals surface area contributed by atoms with E-state index >= 15 is 0 Å². The van der Waals surface area contributed by atoms with Crippen molar-refractivity contribution in [1.29, 1.82) is 0 Å². The minimum absolute atomic E-state index is 0.0520. The molecule has 14 nitrogen and oxygen atoms in total. The second kappa shape index (κ2) is 23.2. The van der Waals surface area contributed by atoms with Crippen LogP contribution in [0.4, 0.5) is 0 Å². The van der Waals surface area contributed by atoms with Gasteiger partial charge in [-0.15, -0.1) is 0 Å². The minimum atomic E-state index is -1.52. The first kappa shape index (κ1) is 54.9. The van der Waals surface area contributed by atoms with Gasteiger partial charge in [-0.1, -0.05) is 153 Å². The van der Waals surface area contributed by atoms with Crippen molar-refractivity contribution in [3.05, 3.63) is 183 Å². The minimum Gasteiger partial charge on any atom is -0.485 e. The lowest BCUT2D eigenvalue weighted by Crippen LogP contribution is -2.43. The third-order valence-corrected chi connectivity index (χ3v) is 14.7. The van der Waals surface area contributed by atoms with Crippen LogP contribution in [-0.2, 0) is 20.7 Å². The van der Waals surface area contributed by atoms with Gasteiger partial charge in [-0.3, -0.25) is 29.0 Å². The highest BCUT2D eigenvalue weighted by molar-refractivity contribution is 9.10. The molecule has 4 aliphatic rings. The smallest absolute Gasteiger partial charge is 0.485 e. The fraction of sp³-hybridized carbons (Fsp3) is 0.300. The number of nitrogens with zero attached hydrogens (tertiary/aromatic N) is 4. The third-order valence-electron chi connectivity index (χ3n) is 14.2. The molecule has 10 rings (SSSR count). The van der Waals surface area contributed by atoms with Gasteiger partial charge in [0.15, 0.2) is 34.6 Å². The second-order valence-electron chi connectivity index (χ2n) is 20.5. The molecule has 0 bridgehead atoms. The molecule has 0 saturated heterocycles. The molecule has 0 saturated carbocycles. The number of hydrogen-bond acceptors (Lipinski definition) is 12. The maximum Gasteiger partial charge on any atom is 0.488 e. The summed E-state index contributed by atoms with van der Waals surface area (Å²) in [5.41, 5.74) is 16.8. The standard InChI is InChI=1S/C30H31N3O3.C18H16BrN3O2.C12H17BO3/c1-19(2)12-14-25(34)23-11-7-10-21(16-23)22-13-15-26-24(17-22)30(28(35)33(3)29(31)32-30)18-27(36-26)20-8-5-4-6-9-20;1-22-16(23)18(21-17(22)20)10-15(11-5-3-2-4-6-11)24-14-8-7-12(19)9-13(14)18;1-9(2)6-7-12(14)10-4-3-5-11(8-10)13(15)16/h4-11,13,15-17,19,27H,12,14,18H2,1-3H3,(H2,31,32);2-9,15H,10H2,1H3,(H2,20,21);3-5,8-9,15-16H,6-7H2,1-2H3. The van der Waals surface area contributed by atoms with Crippen molar-refractivity contribution >= 4 is 63.8 Å². The van der Waals surface area contributed by atoms with Gasteiger partial charge in [0.05, 0.1) is 0 Å². The summed E-state index contributed by atoms with van der Waals surface area (Å²) in [7, 11) is 1.79. The number of likely N-dealkylation sites (N-methyl/N-ethyl adjacent to an activating group) is 2. The van der Waals surface area contributed by atoms with Gasteiger partial charge < -0.3 is 31.0 Å². The Hall–Kier alpha value is -7.40. The van der Waals surface area contributed by atoms with Crippen molar-refractivity contribution in [2.75, 3.05) is 14.1 Å². The average Bonchev–Trinajstić information content (AvgIpc) is 3.83. The van der Waals surface area contributed by atoms with E-state index in [1.54, 1.807) is 32.3 Å². The number of Topliss-reactive ketones (excluding diaryl/α,β-unsaturated/α-hetero) is 2. The van der Waals surface area contributed by atoms with Crippen LogP contribution in [0.25, 0.3) is 11.1 Å². The zero-order chi connectivity index (χ0) is 54.5. The van der Waals surface area contributed by atoms with Crippen LogP contribution in [0.1, 0.15) is 121 Å². The van der Waals surface area contributed by atoms with E-state index in [4.69, 9.17) is 36.0 Å². The van der Waals surface area contributed by atoms with Crippen molar-refractivity contribution in [3.63, 3.8) is 0 Å². The molecule has 0 aliphatic carbocycles. The van der Waals surface area contributed by atoms with Gasteiger partial charge in [0.1, 0.15) is 23.7 Å². The van der Waals surface area contributed by atoms with E-state index in [0.717, 1.165) is 45.1 Å². The molecule has 6 N–H and O–H groups in total. The van der Waals surface area contributed by atoms with Gasteiger partial charge in [0.25, 0.3) is 11.8 Å². The molecular formula is C60H64BBrN6O8. The number of carbonyl (C=O) groups is 4. The number of benzene rings is 6. The maximum atomic E-state index is 13.6. The zero-order valence-electron chi connectivity index (χ0n) is 43.7. The number of rotatable bonds is 12. The normalized spacial score (nSPS) is 20.1. The Kier molecular flexibility index (Phi) is 16.8. The first-order chi connectivity index (χ1) is 36.3. The number of halogens is 1. The molecule has 16 heteroatoms. The van der Waals surface area contributed by atoms with Crippen molar-refractivity contribution < 1.29 is 38.7 Å². The molecule has 0 aromatic heterocycles. The van der Waals surface area contributed by atoms with Crippen LogP contribution in [0.5, 0.6) is 11.5 Å². The van der Waals surface area contributed by atoms with Gasteiger partial charge in [-0.05, 0) is 88.8 Å². The molecule has 2 amide bonds. The van der Waals surface area contributed by atoms with Crippen molar-refractivity contribution in [2.45, 2.75) is 89.5 Å². The van der Waals surface area contributed by atoms with Crippen LogP contribution in [0.3, 0.4) is 0 Å². The lowest BCUT2D eigenvalue weighted by molar-refractivity contribution is -0.133. The van der Waals surface area contributed by atoms with E-state index in [-0.39, 0.29) is 47.5 Å². The fourth-order valence-corrected chi connectivity index (χ4v) is 10.2. The summed E-state index contributed by atoms with van der Waals surface area (Å²) in [6.45, 7) is 8.38. The van der Waals surface area contributed by atoms with E-state index in [1.807, 2.05) is 121 Å². The summed E-state index contributed by atoms with van der Waals surface area (Å²) in [6, 6.07) is 45.4. The number of nitrogens with two attached hydrogens (primary N) is 2. The molecule has 392 valence electrons. The van der Waals surface area contributed by atoms with Gasteiger partial charge in [0.2, 0.25) is 0 Å². The SMILES string of the molecule is CC(C)CCC(=O)c1cccc(-c2ccc3c(c2)C2(CC(c4ccccc4)O3)N=C(N)N(C)C2=O)c1.CC(C)CCC(=O)c1cccc(B(O)O)c1.CN1C(=O)C2(CC(c3ccccc3)Oc3ccc(Br)cc32)N=C1N. The number of hydrogen-bond donors (Lipinski definition) is 4. The van der Waals surface area contributed by atoms with Crippen LogP contribution >= 0.6 is 15.9 Å². The Bertz CT molecular complexity index is 3190. The van der Waals surface area contributed by atoms with Crippen LogP contribution in [0, 0.1) is 11.8 Å². The molecule has 4 atom stereocenters. The molecule has 4 heterocycles. The lowest BCUT2D eigenvalue weighted by Gasteiger charge is -2.37. The van der Waals surface area contributed by atoms with Gasteiger partial charge >= 0.3 is 7.12 Å². The molecule has 2 spiro atoms. The number of amides is 2. The summed E-state index contributed by atoms with van der Waals surface area (Å²) < 4.78 is 13.4. The predicted molar refractivity (Wildman–Crippen MR) is 300 cm³/mol. The summed E-state index contributed by atoms with van der Waals surface area (Å²) >= 11 is 3.47. The van der Waals surface area contributed by atoms with E-state index in [9.17, 15) is 19.2 Å². The Morgan fingerprint density at radius 3 is 1.53 bits per heavy atom. The van der Waals surface area contributed by atoms with Crippen molar-refractivity contribution in [1.82, 2.24) is 9.80 Å². The summed E-state index contributed by atoms with van der Waals surface area (Å²) in [6.07, 6.45) is 2.92. The number of guanidine groups is 2. The Morgan fingerprint density at radius 2 is 1.07 bits per heavy atom. The van der Waals surface area contributed by atoms with Crippen molar-refractivity contribution in [3.8, 4) is 22.6 Å². The number of aliphatic imine (C=N–C) groups is 2. The zero-order valence-corrected chi connectivity index (χ0v) is 45.2. The van der Waals surface area contributed by atoms with Gasteiger partial charge in [-0.25, -0.2) is 9.98 Å². The average molecular weight is 1090 g/mol. The first-order valence-corrected chi connectivity index (χ1v) is 26.4. The maximum absolute atomic E-state index is 13.6. The Morgan fingerprint density at radius 1 is 0.618 bits per heavy atom. The highest BCUT2D eigenvalue weighted by Crippen LogP contribution is 2.52. The third kappa shape index (κ3) is 11.7. The predicted octanol–water partition coefficient (Wildman–Crippen LogP) is 9.42. The highest BCUT2D eigenvalue weighted by atomic mass is 79.9. The van der Waals surface area contributed by atoms with Gasteiger partial charge in [0, 0.05) is 66.5 Å². The summed E-state index contributed by atoms with van der Waals surface area (Å²) in [5, 5.41) is 18.0. The quantitative estimate of drug-likeness (QED) is 0.0674. The van der Waals surface area contributed by atoms with E-state index in [0.29, 0.717) is 71.2 Å². The molecule has 0 fully saturated rings. The molecule has 4 unspecified atom stereocenters. The Balaban J connectivity index is 0.000000165. The molecule has 4 aliphatic heterocycles. The monoisotopic (exact) mass is 1090 g/mol. The van der Waals surface area contributed by atoms with E-state index < -0.39 is 18.2 Å². The molecule has 6 aromatic carbocycles. The van der Waals surface area contributed by atoms with Crippen molar-refractivity contribution in [2.24, 2.45) is 33.3 Å². The second-order valence-corrected chi connectivity index (χ2v) is 21.4. The van der Waals surface area contributed by atoms with Crippen LogP contribution in [0.15, 0.2) is 160 Å². The molecule has 0 radical (unpaired) electrons. The largest absolute Gasteiger partial charge is 0.488 e. The number of ether oxygens (including phenoxy) is 2. The number of fused-ring (bicyclic) bond motifs is 4. The Labute approximate surface area is 453 Å². The topological polar surface area (TPSA) is 210 Å². The molecule has 76 heavy (non-hydrogen) atoms. The first-order valence-electron chi connectivity index (χ1n) is 25.6. The fourth-order valence-electron chi connectivity index (χ4n) is 9.81. The molecular weight excluding hydrogens is 1020 g/mol. The van der Waals surface area contributed by atoms with Gasteiger partial charge in [-0.2, -0.15) is 0 Å². The van der Waals surface area contributed by atoms with Crippen LogP contribution in [0.2, 0.25) is 0 Å². The number of ketones is 2.